The van der Waals surface area contributed by atoms with Crippen LogP contribution in [0.1, 0.15) is 29.7 Å². The minimum absolute atomic E-state index is 0.0543. The maximum atomic E-state index is 12.7. The lowest BCUT2D eigenvalue weighted by molar-refractivity contribution is 0.131. The smallest absolute Gasteiger partial charge is 0.315 e. The normalized spacial score (nSPS) is 16.3. The zero-order chi connectivity index (χ0) is 22.1. The fraction of sp³-hybridized carbons (Fsp3) is 0.480. The molecule has 2 N–H and O–H groups in total. The Labute approximate surface area is 187 Å². The van der Waals surface area contributed by atoms with Crippen molar-refractivity contribution in [1.29, 1.82) is 0 Å². The molecule has 0 spiro atoms. The van der Waals surface area contributed by atoms with Crippen molar-refractivity contribution >= 4 is 6.03 Å². The summed E-state index contributed by atoms with van der Waals surface area (Å²) in [4.78, 5) is 19.8. The third kappa shape index (κ3) is 7.35. The van der Waals surface area contributed by atoms with Gasteiger partial charge in [0.1, 0.15) is 0 Å². The summed E-state index contributed by atoms with van der Waals surface area (Å²) < 4.78 is 0. The van der Waals surface area contributed by atoms with Gasteiger partial charge in [0, 0.05) is 45.8 Å². The van der Waals surface area contributed by atoms with E-state index in [0.29, 0.717) is 6.54 Å². The van der Waals surface area contributed by atoms with Gasteiger partial charge < -0.3 is 20.4 Å². The van der Waals surface area contributed by atoms with Crippen molar-refractivity contribution in [2.45, 2.75) is 26.1 Å². The number of hydrogen-bond donors (Lipinski definition) is 2. The average Bonchev–Trinajstić information content (AvgIpc) is 2.79. The Morgan fingerprint density at radius 2 is 1.55 bits per heavy atom. The van der Waals surface area contributed by atoms with Crippen LogP contribution in [-0.2, 0) is 13.1 Å². The van der Waals surface area contributed by atoms with Crippen LogP contribution in [0.5, 0.6) is 0 Å². The molecule has 3 rings (SSSR count). The number of carbonyl (C=O) groups is 1. The van der Waals surface area contributed by atoms with Crippen LogP contribution in [0, 0.1) is 0 Å². The fourth-order valence-electron chi connectivity index (χ4n) is 4.06. The van der Waals surface area contributed by atoms with Gasteiger partial charge in [-0.15, -0.1) is 0 Å². The number of benzene rings is 2. The second kappa shape index (κ2) is 11.8. The van der Waals surface area contributed by atoms with Crippen molar-refractivity contribution in [2.75, 3.05) is 53.4 Å². The Morgan fingerprint density at radius 3 is 2.19 bits per heavy atom. The molecule has 0 aliphatic carbocycles. The summed E-state index contributed by atoms with van der Waals surface area (Å²) in [5, 5.41) is 6.21. The van der Waals surface area contributed by atoms with Gasteiger partial charge in [0.15, 0.2) is 0 Å². The van der Waals surface area contributed by atoms with Crippen LogP contribution in [0.3, 0.4) is 0 Å². The number of urea groups is 1. The van der Waals surface area contributed by atoms with Crippen LogP contribution < -0.4 is 10.6 Å². The van der Waals surface area contributed by atoms with E-state index in [1.807, 2.05) is 38.4 Å². The topological polar surface area (TPSA) is 50.9 Å². The van der Waals surface area contributed by atoms with Crippen molar-refractivity contribution in [1.82, 2.24) is 25.3 Å². The third-order valence-electron chi connectivity index (χ3n) is 5.92. The molecular formula is C25H37N5O. The molecule has 31 heavy (non-hydrogen) atoms. The van der Waals surface area contributed by atoms with Crippen LogP contribution in [-0.4, -0.2) is 74.1 Å². The molecule has 0 radical (unpaired) electrons. The van der Waals surface area contributed by atoms with Crippen molar-refractivity contribution in [3.05, 3.63) is 71.3 Å². The van der Waals surface area contributed by atoms with Gasteiger partial charge in [0.05, 0.1) is 6.04 Å². The van der Waals surface area contributed by atoms with E-state index in [4.69, 9.17) is 0 Å². The molecule has 0 aromatic heterocycles. The first-order valence-corrected chi connectivity index (χ1v) is 11.3. The Bertz CT molecular complexity index is 803. The fourth-order valence-corrected chi connectivity index (χ4v) is 4.06. The average molecular weight is 424 g/mol. The van der Waals surface area contributed by atoms with Gasteiger partial charge in [-0.2, -0.15) is 0 Å². The molecule has 1 saturated heterocycles. The van der Waals surface area contributed by atoms with E-state index in [1.165, 1.54) is 11.1 Å². The van der Waals surface area contributed by atoms with E-state index in [0.717, 1.165) is 51.4 Å². The van der Waals surface area contributed by atoms with Crippen LogP contribution in [0.4, 0.5) is 4.79 Å². The molecule has 168 valence electrons. The minimum Gasteiger partial charge on any atom is -0.334 e. The van der Waals surface area contributed by atoms with Crippen LogP contribution in [0.15, 0.2) is 54.6 Å². The van der Waals surface area contributed by atoms with E-state index in [-0.39, 0.29) is 12.1 Å². The molecule has 6 heteroatoms. The highest BCUT2D eigenvalue weighted by molar-refractivity contribution is 5.74. The number of piperazine rings is 1. The van der Waals surface area contributed by atoms with Gasteiger partial charge in [-0.3, -0.25) is 4.90 Å². The lowest BCUT2D eigenvalue weighted by atomic mass is 10.1. The standard InChI is InChI=1S/C25H37N5O/c1-4-29-14-16-30(17-15-29)19-23-13-9-8-12-22(23)18-26-25(31)27-24(20-28(2)3)21-10-6-5-7-11-21/h5-13,24H,4,14-20H2,1-3H3,(H2,26,27,31). The summed E-state index contributed by atoms with van der Waals surface area (Å²) in [6.07, 6.45) is 0. The second-order valence-corrected chi connectivity index (χ2v) is 8.53. The van der Waals surface area contributed by atoms with E-state index < -0.39 is 0 Å². The first kappa shape index (κ1) is 23.3. The molecule has 1 heterocycles. The molecule has 2 aromatic rings. The van der Waals surface area contributed by atoms with Crippen molar-refractivity contribution in [3.8, 4) is 0 Å². The predicted molar refractivity (Wildman–Crippen MR) is 127 cm³/mol. The SMILES string of the molecule is CCN1CCN(Cc2ccccc2CNC(=O)NC(CN(C)C)c2ccccc2)CC1. The van der Waals surface area contributed by atoms with Gasteiger partial charge in [-0.25, -0.2) is 4.79 Å². The Morgan fingerprint density at radius 1 is 0.935 bits per heavy atom. The minimum atomic E-state index is -0.137. The summed E-state index contributed by atoms with van der Waals surface area (Å²) in [5.74, 6) is 0. The summed E-state index contributed by atoms with van der Waals surface area (Å²) in [6.45, 7) is 10.0. The molecule has 2 amide bonds. The van der Waals surface area contributed by atoms with Crippen molar-refractivity contribution in [2.24, 2.45) is 0 Å². The van der Waals surface area contributed by atoms with Gasteiger partial charge in [-0.1, -0.05) is 61.5 Å². The molecule has 1 aliphatic heterocycles. The Kier molecular flexibility index (Phi) is 8.88. The number of likely N-dealkylation sites (N-methyl/N-ethyl adjacent to an activating group) is 2. The first-order chi connectivity index (χ1) is 15.0. The van der Waals surface area contributed by atoms with E-state index in [9.17, 15) is 4.79 Å². The summed E-state index contributed by atoms with van der Waals surface area (Å²) in [5.41, 5.74) is 3.58. The highest BCUT2D eigenvalue weighted by atomic mass is 16.2. The van der Waals surface area contributed by atoms with Crippen LogP contribution >= 0.6 is 0 Å². The van der Waals surface area contributed by atoms with Crippen LogP contribution in [0.25, 0.3) is 0 Å². The zero-order valence-electron chi connectivity index (χ0n) is 19.2. The largest absolute Gasteiger partial charge is 0.334 e. The summed E-state index contributed by atoms with van der Waals surface area (Å²) >= 11 is 0. The lowest BCUT2D eigenvalue weighted by Crippen LogP contribution is -2.45. The van der Waals surface area contributed by atoms with Gasteiger partial charge in [-0.05, 0) is 37.3 Å². The third-order valence-corrected chi connectivity index (χ3v) is 5.92. The highest BCUT2D eigenvalue weighted by Crippen LogP contribution is 2.15. The molecule has 1 fully saturated rings. The van der Waals surface area contributed by atoms with Gasteiger partial charge in [0.2, 0.25) is 0 Å². The van der Waals surface area contributed by atoms with Crippen molar-refractivity contribution in [3.63, 3.8) is 0 Å². The number of amides is 2. The molecule has 1 atom stereocenters. The molecule has 1 unspecified atom stereocenters. The Balaban J connectivity index is 1.56. The highest BCUT2D eigenvalue weighted by Gasteiger charge is 2.18. The molecule has 1 aliphatic rings. The molecule has 2 aromatic carbocycles. The van der Waals surface area contributed by atoms with E-state index >= 15 is 0 Å². The maximum absolute atomic E-state index is 12.7. The monoisotopic (exact) mass is 423 g/mol. The lowest BCUT2D eigenvalue weighted by Gasteiger charge is -2.34. The van der Waals surface area contributed by atoms with Crippen molar-refractivity contribution < 1.29 is 4.79 Å². The number of hydrogen-bond acceptors (Lipinski definition) is 4. The van der Waals surface area contributed by atoms with Gasteiger partial charge in [0.25, 0.3) is 0 Å². The summed E-state index contributed by atoms with van der Waals surface area (Å²) in [6, 6.07) is 18.4. The first-order valence-electron chi connectivity index (χ1n) is 11.3. The predicted octanol–water partition coefficient (Wildman–Crippen LogP) is 2.93. The second-order valence-electron chi connectivity index (χ2n) is 8.53. The van der Waals surface area contributed by atoms with Gasteiger partial charge >= 0.3 is 6.03 Å². The summed E-state index contributed by atoms with van der Waals surface area (Å²) in [7, 11) is 4.04. The molecule has 0 saturated carbocycles. The maximum Gasteiger partial charge on any atom is 0.315 e. The van der Waals surface area contributed by atoms with E-state index in [1.54, 1.807) is 0 Å². The molecule has 6 nitrogen and oxygen atoms in total. The zero-order valence-corrected chi connectivity index (χ0v) is 19.2. The molecular weight excluding hydrogens is 386 g/mol. The molecule has 0 bridgehead atoms. The van der Waals surface area contributed by atoms with Crippen LogP contribution in [0.2, 0.25) is 0 Å². The Hall–Kier alpha value is -2.41. The number of nitrogens with zero attached hydrogens (tertiary/aromatic N) is 3. The number of carbonyl (C=O) groups excluding carboxylic acids is 1. The quantitative estimate of drug-likeness (QED) is 0.651. The van der Waals surface area contributed by atoms with E-state index in [2.05, 4.69) is 62.6 Å². The number of nitrogens with one attached hydrogen (secondary N) is 2. The number of rotatable bonds is 9.